The molecule has 0 saturated carbocycles. The average Bonchev–Trinajstić information content (AvgIpc) is 2.40. The van der Waals surface area contributed by atoms with Crippen LogP contribution in [0.1, 0.15) is 13.3 Å². The van der Waals surface area contributed by atoms with Gasteiger partial charge in [0.15, 0.2) is 5.82 Å². The SMILES string of the molecule is CCNCCCN(C)S(=O)(=O)Nc1cc(Cl)c(F)c(Cl)c1. The number of hydrogen-bond acceptors (Lipinski definition) is 3. The highest BCUT2D eigenvalue weighted by Crippen LogP contribution is 2.28. The largest absolute Gasteiger partial charge is 0.317 e. The smallest absolute Gasteiger partial charge is 0.301 e. The molecule has 0 radical (unpaired) electrons. The van der Waals surface area contributed by atoms with E-state index in [1.807, 2.05) is 6.92 Å². The van der Waals surface area contributed by atoms with Crippen LogP contribution < -0.4 is 10.0 Å². The Balaban J connectivity index is 2.71. The molecule has 21 heavy (non-hydrogen) atoms. The molecular weight excluding hydrogens is 340 g/mol. The van der Waals surface area contributed by atoms with Gasteiger partial charge in [0, 0.05) is 13.6 Å². The standard InChI is InChI=1S/C12H18Cl2FN3O2S/c1-3-16-5-4-6-18(2)21(19,20)17-9-7-10(13)12(15)11(14)8-9/h7-8,16-17H,3-6H2,1-2H3. The number of benzene rings is 1. The molecule has 1 aromatic carbocycles. The highest BCUT2D eigenvalue weighted by Gasteiger charge is 2.18. The third-order valence-corrected chi connectivity index (χ3v) is 4.76. The molecule has 0 saturated heterocycles. The summed E-state index contributed by atoms with van der Waals surface area (Å²) < 4.78 is 40.9. The molecule has 0 unspecified atom stereocenters. The highest BCUT2D eigenvalue weighted by atomic mass is 35.5. The van der Waals surface area contributed by atoms with Crippen molar-refractivity contribution in [3.8, 4) is 0 Å². The first-order valence-electron chi connectivity index (χ1n) is 6.37. The molecule has 120 valence electrons. The van der Waals surface area contributed by atoms with Crippen molar-refractivity contribution < 1.29 is 12.8 Å². The van der Waals surface area contributed by atoms with E-state index < -0.39 is 16.0 Å². The number of anilines is 1. The molecule has 0 aliphatic heterocycles. The molecule has 5 nitrogen and oxygen atoms in total. The Morgan fingerprint density at radius 3 is 2.38 bits per heavy atom. The summed E-state index contributed by atoms with van der Waals surface area (Å²) in [5.74, 6) is -0.778. The topological polar surface area (TPSA) is 61.4 Å². The van der Waals surface area contributed by atoms with E-state index in [0.717, 1.165) is 13.1 Å². The van der Waals surface area contributed by atoms with Crippen molar-refractivity contribution in [1.82, 2.24) is 9.62 Å². The van der Waals surface area contributed by atoms with Gasteiger partial charge in [0.05, 0.1) is 15.7 Å². The molecule has 1 rings (SSSR count). The van der Waals surface area contributed by atoms with E-state index in [-0.39, 0.29) is 15.7 Å². The lowest BCUT2D eigenvalue weighted by molar-refractivity contribution is 0.459. The predicted molar refractivity (Wildman–Crippen MR) is 84.8 cm³/mol. The van der Waals surface area contributed by atoms with Crippen LogP contribution in [0.2, 0.25) is 10.0 Å². The van der Waals surface area contributed by atoms with Gasteiger partial charge in [-0.05, 0) is 31.6 Å². The summed E-state index contributed by atoms with van der Waals surface area (Å²) in [4.78, 5) is 0. The van der Waals surface area contributed by atoms with Gasteiger partial charge < -0.3 is 5.32 Å². The lowest BCUT2D eigenvalue weighted by Crippen LogP contribution is -2.34. The Morgan fingerprint density at radius 2 is 1.86 bits per heavy atom. The van der Waals surface area contributed by atoms with Gasteiger partial charge in [0.25, 0.3) is 0 Å². The van der Waals surface area contributed by atoms with Crippen LogP contribution in [0.15, 0.2) is 12.1 Å². The monoisotopic (exact) mass is 357 g/mol. The van der Waals surface area contributed by atoms with Crippen molar-refractivity contribution >= 4 is 39.1 Å². The lowest BCUT2D eigenvalue weighted by Gasteiger charge is -2.18. The minimum atomic E-state index is -3.73. The molecule has 0 aliphatic rings. The van der Waals surface area contributed by atoms with Crippen molar-refractivity contribution in [3.63, 3.8) is 0 Å². The van der Waals surface area contributed by atoms with Gasteiger partial charge in [-0.1, -0.05) is 30.1 Å². The zero-order valence-corrected chi connectivity index (χ0v) is 14.1. The minimum Gasteiger partial charge on any atom is -0.317 e. The zero-order chi connectivity index (χ0) is 16.0. The van der Waals surface area contributed by atoms with E-state index >= 15 is 0 Å². The Hall–Kier alpha value is -0.600. The maximum Gasteiger partial charge on any atom is 0.301 e. The Morgan fingerprint density at radius 1 is 1.29 bits per heavy atom. The van der Waals surface area contributed by atoms with Gasteiger partial charge in [-0.3, -0.25) is 4.72 Å². The second kappa shape index (κ2) is 8.14. The summed E-state index contributed by atoms with van der Waals surface area (Å²) in [6, 6.07) is 2.35. The summed E-state index contributed by atoms with van der Waals surface area (Å²) in [6.07, 6.45) is 0.677. The van der Waals surface area contributed by atoms with Crippen LogP contribution >= 0.6 is 23.2 Å². The number of nitrogens with zero attached hydrogens (tertiary/aromatic N) is 1. The Bertz CT molecular complexity index is 561. The maximum atomic E-state index is 13.3. The lowest BCUT2D eigenvalue weighted by atomic mass is 10.3. The molecule has 0 amide bonds. The molecule has 9 heteroatoms. The minimum absolute atomic E-state index is 0.116. The summed E-state index contributed by atoms with van der Waals surface area (Å²) >= 11 is 11.3. The van der Waals surface area contributed by atoms with Crippen molar-refractivity contribution in [2.75, 3.05) is 31.4 Å². The fourth-order valence-electron chi connectivity index (χ4n) is 1.56. The van der Waals surface area contributed by atoms with Crippen LogP contribution in [0.3, 0.4) is 0 Å². The van der Waals surface area contributed by atoms with Gasteiger partial charge in [-0.25, -0.2) is 4.39 Å². The summed E-state index contributed by atoms with van der Waals surface area (Å²) in [7, 11) is -2.27. The van der Waals surface area contributed by atoms with E-state index in [2.05, 4.69) is 10.0 Å². The van der Waals surface area contributed by atoms with E-state index in [9.17, 15) is 12.8 Å². The third-order valence-electron chi connectivity index (χ3n) is 2.72. The molecule has 1 aromatic rings. The summed E-state index contributed by atoms with van der Waals surface area (Å²) in [5.41, 5.74) is 0.116. The highest BCUT2D eigenvalue weighted by molar-refractivity contribution is 7.90. The first-order valence-corrected chi connectivity index (χ1v) is 8.57. The van der Waals surface area contributed by atoms with Crippen molar-refractivity contribution in [2.45, 2.75) is 13.3 Å². The number of hydrogen-bond donors (Lipinski definition) is 2. The van der Waals surface area contributed by atoms with Crippen LogP contribution in [0.25, 0.3) is 0 Å². The second-order valence-corrected chi connectivity index (χ2v) is 6.98. The maximum absolute atomic E-state index is 13.3. The fraction of sp³-hybridized carbons (Fsp3) is 0.500. The predicted octanol–water partition coefficient (Wildman–Crippen LogP) is 2.72. The Labute approximate surface area is 134 Å². The van der Waals surface area contributed by atoms with Crippen molar-refractivity contribution in [1.29, 1.82) is 0 Å². The van der Waals surface area contributed by atoms with Gasteiger partial charge in [-0.2, -0.15) is 12.7 Å². The van der Waals surface area contributed by atoms with E-state index in [4.69, 9.17) is 23.2 Å². The first-order chi connectivity index (χ1) is 9.77. The quantitative estimate of drug-likeness (QED) is 0.555. The van der Waals surface area contributed by atoms with Crippen molar-refractivity contribution in [2.24, 2.45) is 0 Å². The fourth-order valence-corrected chi connectivity index (χ4v) is 2.99. The number of halogens is 3. The van der Waals surface area contributed by atoms with Crippen LogP contribution in [-0.2, 0) is 10.2 Å². The zero-order valence-electron chi connectivity index (χ0n) is 11.8. The Kier molecular flexibility index (Phi) is 7.15. The van der Waals surface area contributed by atoms with Crippen LogP contribution in [0, 0.1) is 5.82 Å². The number of rotatable bonds is 8. The summed E-state index contributed by atoms with van der Waals surface area (Å²) in [6.45, 7) is 3.89. The molecule has 2 N–H and O–H groups in total. The molecular formula is C12H18Cl2FN3O2S. The number of nitrogens with one attached hydrogen (secondary N) is 2. The second-order valence-electron chi connectivity index (χ2n) is 4.39. The first kappa shape index (κ1) is 18.4. The van der Waals surface area contributed by atoms with Crippen molar-refractivity contribution in [3.05, 3.63) is 28.0 Å². The third kappa shape index (κ3) is 5.60. The molecule has 0 spiro atoms. The van der Waals surface area contributed by atoms with Gasteiger partial charge >= 0.3 is 10.2 Å². The van der Waals surface area contributed by atoms with E-state index in [1.54, 1.807) is 0 Å². The molecule has 0 aromatic heterocycles. The van der Waals surface area contributed by atoms with E-state index in [1.165, 1.54) is 23.5 Å². The summed E-state index contributed by atoms with van der Waals surface area (Å²) in [5, 5.41) is 2.63. The normalized spacial score (nSPS) is 11.9. The molecule has 0 fully saturated rings. The van der Waals surface area contributed by atoms with Crippen LogP contribution in [-0.4, -0.2) is 39.4 Å². The van der Waals surface area contributed by atoms with Gasteiger partial charge in [0.2, 0.25) is 0 Å². The molecule has 0 atom stereocenters. The van der Waals surface area contributed by atoms with E-state index in [0.29, 0.717) is 13.0 Å². The van der Waals surface area contributed by atoms with Gasteiger partial charge in [-0.15, -0.1) is 0 Å². The molecule has 0 bridgehead atoms. The average molecular weight is 358 g/mol. The van der Waals surface area contributed by atoms with Gasteiger partial charge in [0.1, 0.15) is 0 Å². The molecule has 0 aliphatic carbocycles. The van der Waals surface area contributed by atoms with Crippen LogP contribution in [0.5, 0.6) is 0 Å². The molecule has 0 heterocycles. The van der Waals surface area contributed by atoms with Crippen LogP contribution in [0.4, 0.5) is 10.1 Å².